The average molecular weight is 169 g/mol. The maximum absolute atomic E-state index is 10.9. The molecule has 0 radical (unpaired) electrons. The normalized spacial score (nSPS) is 10.2. The third kappa shape index (κ3) is 3.62. The molecule has 0 rings (SSSR count). The fraction of sp³-hybridized carbons (Fsp3) is 0.500. The van der Waals surface area contributed by atoms with Crippen LogP contribution in [0.5, 0.6) is 0 Å². The second-order valence-electron chi connectivity index (χ2n) is 2.01. The molecule has 0 aliphatic heterocycles. The zero-order valence-electron chi connectivity index (χ0n) is 7.16. The van der Waals surface area contributed by atoms with Crippen LogP contribution in [0.15, 0.2) is 11.8 Å². The van der Waals surface area contributed by atoms with Gasteiger partial charge in [0, 0.05) is 0 Å². The summed E-state index contributed by atoms with van der Waals surface area (Å²) in [6.45, 7) is 2.20. The SMILES string of the molecule is CCCOC(=O)/C(C#N)=C\OC. The summed E-state index contributed by atoms with van der Waals surface area (Å²) in [4.78, 5) is 10.9. The number of carbonyl (C=O) groups is 1. The average Bonchev–Trinajstić information content (AvgIpc) is 2.10. The molecule has 0 aromatic carbocycles. The first-order chi connectivity index (χ1) is 5.76. The first-order valence-electron chi connectivity index (χ1n) is 3.56. The fourth-order valence-corrected chi connectivity index (χ4v) is 0.510. The number of ether oxygens (including phenoxy) is 2. The lowest BCUT2D eigenvalue weighted by molar-refractivity contribution is -0.138. The van der Waals surface area contributed by atoms with Crippen molar-refractivity contribution in [1.82, 2.24) is 0 Å². The number of nitriles is 1. The van der Waals surface area contributed by atoms with Gasteiger partial charge in [0.2, 0.25) is 0 Å². The topological polar surface area (TPSA) is 59.3 Å². The van der Waals surface area contributed by atoms with E-state index in [1.54, 1.807) is 6.07 Å². The van der Waals surface area contributed by atoms with Gasteiger partial charge in [-0.1, -0.05) is 6.92 Å². The van der Waals surface area contributed by atoms with E-state index in [0.717, 1.165) is 12.7 Å². The van der Waals surface area contributed by atoms with Crippen LogP contribution in [-0.4, -0.2) is 19.7 Å². The van der Waals surface area contributed by atoms with Crippen LogP contribution in [0, 0.1) is 11.3 Å². The highest BCUT2D eigenvalue weighted by atomic mass is 16.5. The van der Waals surface area contributed by atoms with Crippen molar-refractivity contribution in [3.63, 3.8) is 0 Å². The molecule has 0 aromatic heterocycles. The lowest BCUT2D eigenvalue weighted by Gasteiger charge is -1.99. The van der Waals surface area contributed by atoms with E-state index in [-0.39, 0.29) is 5.57 Å². The largest absolute Gasteiger partial charge is 0.503 e. The molecular formula is C8H11NO3. The Kier molecular flexibility index (Phi) is 5.45. The Morgan fingerprint density at radius 1 is 1.67 bits per heavy atom. The number of carbonyl (C=O) groups excluding carboxylic acids is 1. The van der Waals surface area contributed by atoms with Gasteiger partial charge in [0.15, 0.2) is 5.57 Å². The van der Waals surface area contributed by atoms with Crippen LogP contribution in [0.4, 0.5) is 0 Å². The van der Waals surface area contributed by atoms with Gasteiger partial charge in [-0.15, -0.1) is 0 Å². The highest BCUT2D eigenvalue weighted by Crippen LogP contribution is 1.96. The van der Waals surface area contributed by atoms with Crippen LogP contribution >= 0.6 is 0 Å². The van der Waals surface area contributed by atoms with Crippen LogP contribution in [0.2, 0.25) is 0 Å². The van der Waals surface area contributed by atoms with Gasteiger partial charge in [0.25, 0.3) is 0 Å². The van der Waals surface area contributed by atoms with Crippen molar-refractivity contribution in [2.45, 2.75) is 13.3 Å². The predicted molar refractivity (Wildman–Crippen MR) is 42.0 cm³/mol. The third-order valence-electron chi connectivity index (χ3n) is 1.01. The molecule has 66 valence electrons. The van der Waals surface area contributed by atoms with Crippen molar-refractivity contribution in [2.75, 3.05) is 13.7 Å². The van der Waals surface area contributed by atoms with Gasteiger partial charge < -0.3 is 9.47 Å². The molecule has 0 amide bonds. The highest BCUT2D eigenvalue weighted by molar-refractivity contribution is 5.92. The molecule has 0 fully saturated rings. The molecule has 0 saturated carbocycles. The molecule has 12 heavy (non-hydrogen) atoms. The summed E-state index contributed by atoms with van der Waals surface area (Å²) in [6, 6.07) is 1.67. The molecule has 0 aromatic rings. The zero-order chi connectivity index (χ0) is 9.40. The molecule has 0 bridgehead atoms. The second kappa shape index (κ2) is 6.23. The molecule has 0 spiro atoms. The minimum absolute atomic E-state index is 0.119. The van der Waals surface area contributed by atoms with E-state index in [1.165, 1.54) is 7.11 Å². The van der Waals surface area contributed by atoms with Crippen LogP contribution in [-0.2, 0) is 14.3 Å². The van der Waals surface area contributed by atoms with E-state index in [4.69, 9.17) is 5.26 Å². The molecule has 0 unspecified atom stereocenters. The minimum atomic E-state index is -0.638. The van der Waals surface area contributed by atoms with Crippen molar-refractivity contribution < 1.29 is 14.3 Å². The van der Waals surface area contributed by atoms with E-state index in [9.17, 15) is 4.79 Å². The number of nitrogens with zero attached hydrogens (tertiary/aromatic N) is 1. The maximum Gasteiger partial charge on any atom is 0.352 e. The Bertz CT molecular complexity index is 215. The van der Waals surface area contributed by atoms with Crippen molar-refractivity contribution >= 4 is 5.97 Å². The number of hydrogen-bond donors (Lipinski definition) is 0. The molecule has 0 N–H and O–H groups in total. The van der Waals surface area contributed by atoms with E-state index in [1.807, 2.05) is 6.92 Å². The molecule has 4 heteroatoms. The second-order valence-corrected chi connectivity index (χ2v) is 2.01. The Morgan fingerprint density at radius 3 is 2.75 bits per heavy atom. The van der Waals surface area contributed by atoms with Gasteiger partial charge in [-0.2, -0.15) is 5.26 Å². The number of esters is 1. The van der Waals surface area contributed by atoms with Crippen molar-refractivity contribution in [3.8, 4) is 6.07 Å². The standard InChI is InChI=1S/C8H11NO3/c1-3-4-12-8(10)7(5-9)6-11-2/h6H,3-4H2,1-2H3/b7-6-. The molecular weight excluding hydrogens is 158 g/mol. The molecule has 0 aliphatic carbocycles. The Balaban J connectivity index is 4.07. The van der Waals surface area contributed by atoms with Gasteiger partial charge in [0.1, 0.15) is 12.3 Å². The Morgan fingerprint density at radius 2 is 2.33 bits per heavy atom. The van der Waals surface area contributed by atoms with Crippen molar-refractivity contribution in [2.24, 2.45) is 0 Å². The summed E-state index contributed by atoms with van der Waals surface area (Å²) in [6.07, 6.45) is 1.80. The summed E-state index contributed by atoms with van der Waals surface area (Å²) >= 11 is 0. The highest BCUT2D eigenvalue weighted by Gasteiger charge is 2.09. The first kappa shape index (κ1) is 10.5. The van der Waals surface area contributed by atoms with Crippen molar-refractivity contribution in [3.05, 3.63) is 11.8 Å². The van der Waals surface area contributed by atoms with Crippen molar-refractivity contribution in [1.29, 1.82) is 5.26 Å². The lowest BCUT2D eigenvalue weighted by Crippen LogP contribution is -2.07. The number of rotatable bonds is 4. The number of methoxy groups -OCH3 is 1. The lowest BCUT2D eigenvalue weighted by atomic mass is 10.3. The Hall–Kier alpha value is -1.50. The third-order valence-corrected chi connectivity index (χ3v) is 1.01. The van der Waals surface area contributed by atoms with E-state index < -0.39 is 5.97 Å². The van der Waals surface area contributed by atoms with Gasteiger partial charge in [0.05, 0.1) is 13.7 Å². The Labute approximate surface area is 71.4 Å². The van der Waals surface area contributed by atoms with E-state index in [0.29, 0.717) is 6.61 Å². The van der Waals surface area contributed by atoms with E-state index >= 15 is 0 Å². The van der Waals surface area contributed by atoms with Crippen LogP contribution < -0.4 is 0 Å². The van der Waals surface area contributed by atoms with Gasteiger partial charge >= 0.3 is 5.97 Å². The minimum Gasteiger partial charge on any atom is -0.503 e. The maximum atomic E-state index is 10.9. The molecule has 0 atom stereocenters. The smallest absolute Gasteiger partial charge is 0.352 e. The summed E-state index contributed by atoms with van der Waals surface area (Å²) in [7, 11) is 1.37. The molecule has 0 saturated heterocycles. The summed E-state index contributed by atoms with van der Waals surface area (Å²) in [5.74, 6) is -0.638. The quantitative estimate of drug-likeness (QED) is 0.272. The van der Waals surface area contributed by atoms with Gasteiger partial charge in [-0.25, -0.2) is 4.79 Å². The monoisotopic (exact) mass is 169 g/mol. The first-order valence-corrected chi connectivity index (χ1v) is 3.56. The van der Waals surface area contributed by atoms with Crippen LogP contribution in [0.1, 0.15) is 13.3 Å². The molecule has 0 heterocycles. The van der Waals surface area contributed by atoms with Crippen LogP contribution in [0.25, 0.3) is 0 Å². The fourth-order valence-electron chi connectivity index (χ4n) is 0.510. The van der Waals surface area contributed by atoms with Gasteiger partial charge in [-0.05, 0) is 6.42 Å². The van der Waals surface area contributed by atoms with Gasteiger partial charge in [-0.3, -0.25) is 0 Å². The predicted octanol–water partition coefficient (Wildman–Crippen LogP) is 0.993. The zero-order valence-corrected chi connectivity index (χ0v) is 7.16. The molecule has 4 nitrogen and oxygen atoms in total. The summed E-state index contributed by atoms with van der Waals surface area (Å²) in [5.41, 5.74) is -0.119. The molecule has 0 aliphatic rings. The summed E-state index contributed by atoms with van der Waals surface area (Å²) in [5, 5.41) is 8.43. The number of hydrogen-bond acceptors (Lipinski definition) is 4. The van der Waals surface area contributed by atoms with Crippen LogP contribution in [0.3, 0.4) is 0 Å². The van der Waals surface area contributed by atoms with E-state index in [2.05, 4.69) is 9.47 Å². The summed E-state index contributed by atoms with van der Waals surface area (Å²) < 4.78 is 9.20.